The van der Waals surface area contributed by atoms with Crippen molar-refractivity contribution in [3.8, 4) is 0 Å². The second-order valence-corrected chi connectivity index (χ2v) is 4.54. The van der Waals surface area contributed by atoms with Crippen LogP contribution in [0.2, 0.25) is 0 Å². The minimum Gasteiger partial charge on any atom is -0.321 e. The van der Waals surface area contributed by atoms with Crippen molar-refractivity contribution in [2.24, 2.45) is 0 Å². The van der Waals surface area contributed by atoms with Crippen LogP contribution in [-0.4, -0.2) is 40.0 Å². The number of hydrogen-bond acceptors (Lipinski definition) is 3. The van der Waals surface area contributed by atoms with E-state index < -0.39 is 17.9 Å². The molecular weight excluding hydrogens is 252 g/mol. The number of piperazine rings is 1. The molecule has 0 radical (unpaired) electrons. The summed E-state index contributed by atoms with van der Waals surface area (Å²) in [5.74, 6) is -1.11. The van der Waals surface area contributed by atoms with E-state index in [1.807, 2.05) is 0 Å². The Bertz CT molecular complexity index is 290. The minimum atomic E-state index is -0.583. The maximum atomic E-state index is 11.5. The van der Waals surface area contributed by atoms with Gasteiger partial charge in [0.15, 0.2) is 0 Å². The quantitative estimate of drug-likeness (QED) is 0.519. The van der Waals surface area contributed by atoms with Crippen LogP contribution in [0.1, 0.15) is 13.8 Å². The highest BCUT2D eigenvalue weighted by Crippen LogP contribution is 2.10. The Kier molecular flexibility index (Phi) is 3.25. The molecule has 1 N–H and O–H groups in total. The van der Waals surface area contributed by atoms with E-state index in [0.29, 0.717) is 0 Å². The number of nitrogens with zero attached hydrogens (tertiary/aromatic N) is 1. The van der Waals surface area contributed by atoms with Crippen LogP contribution >= 0.6 is 15.9 Å². The van der Waals surface area contributed by atoms with E-state index in [9.17, 15) is 14.4 Å². The largest absolute Gasteiger partial charge is 0.321 e. The molecule has 0 aromatic carbocycles. The lowest BCUT2D eigenvalue weighted by Gasteiger charge is -2.32. The topological polar surface area (TPSA) is 66.5 Å². The van der Waals surface area contributed by atoms with Crippen molar-refractivity contribution in [2.45, 2.75) is 24.7 Å². The number of amides is 3. The van der Waals surface area contributed by atoms with Crippen molar-refractivity contribution in [1.82, 2.24) is 10.2 Å². The summed E-state index contributed by atoms with van der Waals surface area (Å²) >= 11 is 3.11. The fourth-order valence-corrected chi connectivity index (χ4v) is 1.47. The highest BCUT2D eigenvalue weighted by molar-refractivity contribution is 9.10. The predicted molar refractivity (Wildman–Crippen MR) is 52.7 cm³/mol. The molecule has 1 saturated heterocycles. The fourth-order valence-electron chi connectivity index (χ4n) is 1.21. The van der Waals surface area contributed by atoms with E-state index in [2.05, 4.69) is 21.2 Å². The van der Waals surface area contributed by atoms with E-state index in [0.717, 1.165) is 0 Å². The molecule has 2 atom stereocenters. The maximum absolute atomic E-state index is 11.5. The van der Waals surface area contributed by atoms with Crippen LogP contribution in [0.5, 0.6) is 0 Å². The molecule has 5 nitrogen and oxygen atoms in total. The minimum absolute atomic E-state index is 0.0539. The van der Waals surface area contributed by atoms with Crippen LogP contribution in [0.25, 0.3) is 0 Å². The first kappa shape index (κ1) is 11.2. The lowest BCUT2D eigenvalue weighted by atomic mass is 10.2. The summed E-state index contributed by atoms with van der Waals surface area (Å²) in [4.78, 5) is 34.6. The number of hydrogen-bond donors (Lipinski definition) is 1. The molecule has 3 amide bonds. The van der Waals surface area contributed by atoms with Crippen molar-refractivity contribution >= 4 is 33.7 Å². The summed E-state index contributed by atoms with van der Waals surface area (Å²) in [6.45, 7) is 3.20. The van der Waals surface area contributed by atoms with Gasteiger partial charge in [0, 0.05) is 0 Å². The molecule has 2 unspecified atom stereocenters. The Morgan fingerprint density at radius 3 is 2.71 bits per heavy atom. The summed E-state index contributed by atoms with van der Waals surface area (Å²) in [6, 6.07) is -0.583. The maximum Gasteiger partial charge on any atom is 0.249 e. The van der Waals surface area contributed by atoms with Gasteiger partial charge in [-0.05, 0) is 13.8 Å². The average molecular weight is 263 g/mol. The molecule has 0 aromatic heterocycles. The van der Waals surface area contributed by atoms with Crippen LogP contribution in [-0.2, 0) is 14.4 Å². The Balaban J connectivity index is 2.81. The van der Waals surface area contributed by atoms with Crippen LogP contribution in [0.3, 0.4) is 0 Å². The van der Waals surface area contributed by atoms with Crippen molar-refractivity contribution in [3.05, 3.63) is 0 Å². The van der Waals surface area contributed by atoms with Crippen LogP contribution in [0.15, 0.2) is 0 Å². The number of imide groups is 1. The summed E-state index contributed by atoms with van der Waals surface area (Å²) in [5.41, 5.74) is 0. The van der Waals surface area contributed by atoms with Crippen LogP contribution < -0.4 is 5.32 Å². The molecule has 0 spiro atoms. The smallest absolute Gasteiger partial charge is 0.249 e. The zero-order valence-corrected chi connectivity index (χ0v) is 9.50. The van der Waals surface area contributed by atoms with E-state index in [4.69, 9.17) is 0 Å². The number of nitrogens with one attached hydrogen (secondary N) is 1. The van der Waals surface area contributed by atoms with Crippen molar-refractivity contribution in [3.63, 3.8) is 0 Å². The van der Waals surface area contributed by atoms with Crippen molar-refractivity contribution in [1.29, 1.82) is 0 Å². The summed E-state index contributed by atoms with van der Waals surface area (Å²) in [6.07, 6.45) is 0. The standard InChI is InChI=1S/C8H11BrN2O3/c1-4(9)8(14)11-3-6(12)10-7(13)5(11)2/h4-5H,3H2,1-2H3,(H,10,12,13). The molecule has 1 fully saturated rings. The van der Waals surface area contributed by atoms with Gasteiger partial charge in [-0.15, -0.1) is 0 Å². The summed E-state index contributed by atoms with van der Waals surface area (Å²) < 4.78 is 0. The van der Waals surface area contributed by atoms with Gasteiger partial charge in [0.25, 0.3) is 0 Å². The third-order valence-electron chi connectivity index (χ3n) is 2.05. The molecule has 1 heterocycles. The van der Waals surface area contributed by atoms with Gasteiger partial charge in [0.2, 0.25) is 17.7 Å². The first-order valence-electron chi connectivity index (χ1n) is 4.21. The van der Waals surface area contributed by atoms with Crippen molar-refractivity contribution < 1.29 is 14.4 Å². The van der Waals surface area contributed by atoms with Gasteiger partial charge in [-0.2, -0.15) is 0 Å². The number of carbonyl (C=O) groups excluding carboxylic acids is 3. The highest BCUT2D eigenvalue weighted by atomic mass is 79.9. The molecule has 0 aromatic rings. The number of halogens is 1. The lowest BCUT2D eigenvalue weighted by Crippen LogP contribution is -2.59. The average Bonchev–Trinajstić information content (AvgIpc) is 2.09. The number of carbonyl (C=O) groups is 3. The number of alkyl halides is 1. The Hall–Kier alpha value is -0.910. The van der Waals surface area contributed by atoms with E-state index in [1.54, 1.807) is 13.8 Å². The lowest BCUT2D eigenvalue weighted by molar-refractivity contribution is -0.148. The second-order valence-electron chi connectivity index (χ2n) is 3.17. The van der Waals surface area contributed by atoms with Crippen molar-refractivity contribution in [2.75, 3.05) is 6.54 Å². The van der Waals surface area contributed by atoms with Gasteiger partial charge >= 0.3 is 0 Å². The molecule has 0 aliphatic carbocycles. The summed E-state index contributed by atoms with van der Waals surface area (Å²) in [7, 11) is 0. The molecule has 14 heavy (non-hydrogen) atoms. The molecule has 78 valence electrons. The van der Waals surface area contributed by atoms with Gasteiger partial charge in [-0.25, -0.2) is 0 Å². The zero-order valence-electron chi connectivity index (χ0n) is 7.91. The van der Waals surface area contributed by atoms with Crippen LogP contribution in [0, 0.1) is 0 Å². The fraction of sp³-hybridized carbons (Fsp3) is 0.625. The van der Waals surface area contributed by atoms with Gasteiger partial charge in [0.05, 0.1) is 4.83 Å². The third-order valence-corrected chi connectivity index (χ3v) is 2.44. The zero-order chi connectivity index (χ0) is 10.9. The van der Waals surface area contributed by atoms with E-state index >= 15 is 0 Å². The molecule has 1 rings (SSSR count). The van der Waals surface area contributed by atoms with Gasteiger partial charge < -0.3 is 4.90 Å². The SMILES string of the molecule is CC(Br)C(=O)N1CC(=O)NC(=O)C1C. The summed E-state index contributed by atoms with van der Waals surface area (Å²) in [5, 5.41) is 2.17. The van der Waals surface area contributed by atoms with Gasteiger partial charge in [0.1, 0.15) is 12.6 Å². The Morgan fingerprint density at radius 2 is 2.21 bits per heavy atom. The molecule has 1 aliphatic rings. The predicted octanol–water partition coefficient (Wildman–Crippen LogP) is -0.357. The molecule has 0 saturated carbocycles. The second kappa shape index (κ2) is 4.08. The Morgan fingerprint density at radius 1 is 1.64 bits per heavy atom. The Labute approximate surface area is 89.9 Å². The molecule has 1 aliphatic heterocycles. The first-order valence-corrected chi connectivity index (χ1v) is 5.13. The van der Waals surface area contributed by atoms with E-state index in [1.165, 1.54) is 4.90 Å². The molecule has 0 bridgehead atoms. The first-order chi connectivity index (χ1) is 6.43. The van der Waals surface area contributed by atoms with Gasteiger partial charge in [-0.3, -0.25) is 19.7 Å². The number of rotatable bonds is 1. The molecular formula is C8H11BrN2O3. The van der Waals surface area contributed by atoms with E-state index in [-0.39, 0.29) is 17.3 Å². The monoisotopic (exact) mass is 262 g/mol. The normalized spacial score (nSPS) is 24.5. The van der Waals surface area contributed by atoms with Gasteiger partial charge in [-0.1, -0.05) is 15.9 Å². The molecule has 6 heteroatoms. The highest BCUT2D eigenvalue weighted by Gasteiger charge is 2.34. The van der Waals surface area contributed by atoms with Crippen LogP contribution in [0.4, 0.5) is 0 Å². The third kappa shape index (κ3) is 2.12.